The Kier molecular flexibility index (Phi) is 10.1. The van der Waals surface area contributed by atoms with Crippen molar-refractivity contribution in [3.05, 3.63) is 35.6 Å². The van der Waals surface area contributed by atoms with E-state index in [9.17, 15) is 9.18 Å². The number of hydrazone groups is 1. The van der Waals surface area contributed by atoms with Gasteiger partial charge in [0.2, 0.25) is 0 Å². The average molecular weight is 543 g/mol. The van der Waals surface area contributed by atoms with Crippen molar-refractivity contribution in [2.45, 2.75) is 71.8 Å². The Labute approximate surface area is 235 Å². The molecule has 6 nitrogen and oxygen atoms in total. The van der Waals surface area contributed by atoms with E-state index in [-0.39, 0.29) is 11.7 Å². The van der Waals surface area contributed by atoms with Gasteiger partial charge in [-0.05, 0) is 121 Å². The lowest BCUT2D eigenvalue weighted by atomic mass is 9.78. The molecule has 0 aromatic heterocycles. The van der Waals surface area contributed by atoms with Gasteiger partial charge < -0.3 is 14.9 Å². The van der Waals surface area contributed by atoms with Crippen LogP contribution >= 0.6 is 0 Å². The van der Waals surface area contributed by atoms with E-state index in [2.05, 4.69) is 62.7 Å². The Morgan fingerprint density at radius 3 is 2.33 bits per heavy atom. The van der Waals surface area contributed by atoms with Gasteiger partial charge >= 0.3 is 5.97 Å². The van der Waals surface area contributed by atoms with Crippen molar-refractivity contribution in [2.24, 2.45) is 40.6 Å². The highest BCUT2D eigenvalue weighted by molar-refractivity contribution is 5.86. The highest BCUT2D eigenvalue weighted by atomic mass is 19.1. The van der Waals surface area contributed by atoms with E-state index >= 15 is 0 Å². The van der Waals surface area contributed by atoms with Crippen LogP contribution in [0.4, 0.5) is 4.39 Å². The molecule has 2 saturated carbocycles. The van der Waals surface area contributed by atoms with Crippen molar-refractivity contribution in [3.8, 4) is 0 Å². The lowest BCUT2D eigenvalue weighted by Gasteiger charge is -2.39. The van der Waals surface area contributed by atoms with Crippen molar-refractivity contribution < 1.29 is 14.3 Å². The lowest BCUT2D eigenvalue weighted by Crippen LogP contribution is -2.43. The summed E-state index contributed by atoms with van der Waals surface area (Å²) in [6, 6.07) is 7.73. The maximum absolute atomic E-state index is 13.9. The molecular formula is C32H51FN4O2. The molecule has 0 bridgehead atoms. The number of piperidine rings is 1. The molecule has 0 spiro atoms. The van der Waals surface area contributed by atoms with Gasteiger partial charge in [-0.15, -0.1) is 0 Å². The number of aliphatic carboxylic acids is 1. The van der Waals surface area contributed by atoms with Crippen LogP contribution in [-0.4, -0.2) is 84.5 Å². The number of nitrogens with zero attached hydrogens (tertiary/aromatic N) is 4. The largest absolute Gasteiger partial charge is 0.481 e. The van der Waals surface area contributed by atoms with E-state index in [0.717, 1.165) is 68.9 Å². The van der Waals surface area contributed by atoms with Crippen LogP contribution in [0.3, 0.4) is 0 Å². The van der Waals surface area contributed by atoms with Crippen molar-refractivity contribution in [1.29, 1.82) is 0 Å². The number of hydrogen-bond donors (Lipinski definition) is 1. The van der Waals surface area contributed by atoms with Crippen LogP contribution in [0.25, 0.3) is 0 Å². The zero-order valence-electron chi connectivity index (χ0n) is 25.0. The van der Waals surface area contributed by atoms with E-state index in [0.29, 0.717) is 23.8 Å². The summed E-state index contributed by atoms with van der Waals surface area (Å²) in [6.45, 7) is 14.4. The monoisotopic (exact) mass is 542 g/mol. The fourth-order valence-corrected chi connectivity index (χ4v) is 7.68. The third-order valence-corrected chi connectivity index (χ3v) is 9.89. The third kappa shape index (κ3) is 7.60. The smallest absolute Gasteiger partial charge is 0.306 e. The summed E-state index contributed by atoms with van der Waals surface area (Å²) in [7, 11) is 4.22. The Hall–Kier alpha value is -1.99. The molecule has 4 aliphatic rings. The molecule has 0 radical (unpaired) electrons. The number of hydrogen-bond acceptors (Lipinski definition) is 5. The second-order valence-corrected chi connectivity index (χ2v) is 13.1. The summed E-state index contributed by atoms with van der Waals surface area (Å²) in [6.07, 6.45) is 5.73. The lowest BCUT2D eigenvalue weighted by molar-refractivity contribution is -0.141. The molecule has 39 heavy (non-hydrogen) atoms. The van der Waals surface area contributed by atoms with E-state index in [1.807, 2.05) is 6.07 Å². The van der Waals surface area contributed by atoms with Crippen molar-refractivity contribution in [1.82, 2.24) is 14.8 Å². The van der Waals surface area contributed by atoms with Crippen molar-refractivity contribution in [2.75, 3.05) is 46.8 Å². The van der Waals surface area contributed by atoms with E-state index in [1.165, 1.54) is 25.0 Å². The quantitative estimate of drug-likeness (QED) is 0.437. The fourth-order valence-electron chi connectivity index (χ4n) is 7.68. The van der Waals surface area contributed by atoms with Crippen LogP contribution in [0, 0.1) is 41.3 Å². The number of halogens is 1. The Morgan fingerprint density at radius 1 is 1.15 bits per heavy atom. The molecule has 1 aromatic rings. The maximum atomic E-state index is 13.9. The summed E-state index contributed by atoms with van der Waals surface area (Å²) < 4.78 is 13.9. The number of likely N-dealkylation sites (N-methyl/N-ethyl adjacent to an activating group) is 1. The van der Waals surface area contributed by atoms with Crippen LogP contribution in [0.2, 0.25) is 0 Å². The zero-order chi connectivity index (χ0) is 28.3. The normalized spacial score (nSPS) is 30.4. The first kappa shape index (κ1) is 30.0. The van der Waals surface area contributed by atoms with Gasteiger partial charge in [0.05, 0.1) is 12.0 Å². The van der Waals surface area contributed by atoms with Crippen LogP contribution < -0.4 is 0 Å². The number of benzene rings is 1. The molecule has 218 valence electrons. The van der Waals surface area contributed by atoms with Gasteiger partial charge in [0, 0.05) is 37.2 Å². The van der Waals surface area contributed by atoms with E-state index < -0.39 is 5.97 Å². The zero-order valence-corrected chi connectivity index (χ0v) is 25.0. The molecule has 3 fully saturated rings. The van der Waals surface area contributed by atoms with Crippen LogP contribution in [-0.2, 0) is 4.79 Å². The molecule has 5 rings (SSSR count). The van der Waals surface area contributed by atoms with Crippen molar-refractivity contribution in [3.63, 3.8) is 0 Å². The van der Waals surface area contributed by atoms with Crippen LogP contribution in [0.5, 0.6) is 0 Å². The van der Waals surface area contributed by atoms with Crippen LogP contribution in [0.1, 0.15) is 71.3 Å². The number of rotatable bonds is 9. The number of carbonyl (C=O) groups is 1. The second kappa shape index (κ2) is 13.1. The molecule has 2 aliphatic carbocycles. The first-order chi connectivity index (χ1) is 18.6. The molecule has 1 saturated heterocycles. The Morgan fingerprint density at radius 2 is 1.82 bits per heavy atom. The minimum absolute atomic E-state index is 0.00810. The minimum atomic E-state index is -0.581. The summed E-state index contributed by atoms with van der Waals surface area (Å²) in [5.41, 5.74) is 2.45. The number of carboxylic acid groups (broad SMARTS) is 1. The number of likely N-dealkylation sites (tertiary alicyclic amines) is 1. The molecule has 6 atom stereocenters. The molecule has 2 aliphatic heterocycles. The Bertz CT molecular complexity index is 982. The number of carboxylic acids is 1. The number of fused-ring (bicyclic) bond motifs is 1. The summed E-state index contributed by atoms with van der Waals surface area (Å²) >= 11 is 0. The molecule has 0 amide bonds. The van der Waals surface area contributed by atoms with E-state index in [4.69, 9.17) is 10.2 Å². The van der Waals surface area contributed by atoms with Gasteiger partial charge in [-0.2, -0.15) is 5.10 Å². The van der Waals surface area contributed by atoms with Gasteiger partial charge in [-0.1, -0.05) is 19.1 Å². The van der Waals surface area contributed by atoms with Gasteiger partial charge in [0.1, 0.15) is 5.82 Å². The predicted molar refractivity (Wildman–Crippen MR) is 156 cm³/mol. The first-order valence-corrected chi connectivity index (χ1v) is 15.2. The van der Waals surface area contributed by atoms with Crippen LogP contribution in [0.15, 0.2) is 29.4 Å². The predicted octanol–water partition coefficient (Wildman–Crippen LogP) is 5.65. The molecule has 5 unspecified atom stereocenters. The SMILES string of the molecule is CCN1N=C(C)C(C2CCN(C[C@@H](C)C(CN(C)C)c3cccc(F)c3)CC2)C1C.O=C(O)C1CC2CC2C1. The summed E-state index contributed by atoms with van der Waals surface area (Å²) in [5.74, 6) is 3.07. The topological polar surface area (TPSA) is 59.4 Å². The Balaban J connectivity index is 0.000000327. The van der Waals surface area contributed by atoms with Gasteiger partial charge in [-0.3, -0.25) is 9.80 Å². The summed E-state index contributed by atoms with van der Waals surface area (Å²) in [5, 5.41) is 15.6. The van der Waals surface area contributed by atoms with E-state index in [1.54, 1.807) is 12.1 Å². The van der Waals surface area contributed by atoms with Gasteiger partial charge in [-0.25, -0.2) is 4.39 Å². The minimum Gasteiger partial charge on any atom is -0.481 e. The standard InChI is InChI=1S/C25H41FN4.C7H10O2/c1-7-30-20(4)25(19(3)27-30)21-11-13-29(14-12-21)16-18(2)24(17-28(5)6)22-9-8-10-23(26)15-22;8-7(9)6-2-4-1-5(4)3-6/h8-10,15,18,20-21,24-25H,7,11-14,16-17H2,1-6H3;4-6H,1-3H2,(H,8,9)/t18-,20?,24?,25?;/m1./s1. The highest BCUT2D eigenvalue weighted by Gasteiger charge is 2.48. The first-order valence-electron chi connectivity index (χ1n) is 15.2. The molecule has 2 heterocycles. The van der Waals surface area contributed by atoms with Gasteiger partial charge in [0.25, 0.3) is 0 Å². The third-order valence-electron chi connectivity index (χ3n) is 9.89. The molecular weight excluding hydrogens is 491 g/mol. The molecule has 1 N–H and O–H groups in total. The average Bonchev–Trinajstić information content (AvgIpc) is 3.38. The summed E-state index contributed by atoms with van der Waals surface area (Å²) in [4.78, 5) is 15.2. The molecule has 1 aromatic carbocycles. The second-order valence-electron chi connectivity index (χ2n) is 13.1. The fraction of sp³-hybridized carbons (Fsp3) is 0.750. The van der Waals surface area contributed by atoms with Crippen molar-refractivity contribution >= 4 is 11.7 Å². The highest BCUT2D eigenvalue weighted by Crippen LogP contribution is 2.54. The molecule has 7 heteroatoms. The maximum Gasteiger partial charge on any atom is 0.306 e. The van der Waals surface area contributed by atoms with Gasteiger partial charge in [0.15, 0.2) is 0 Å².